The maximum atomic E-state index is 13.6. The number of imidazole rings is 1. The van der Waals surface area contributed by atoms with Crippen LogP contribution in [0.3, 0.4) is 0 Å². The zero-order valence-electron chi connectivity index (χ0n) is 11.7. The lowest BCUT2D eigenvalue weighted by Crippen LogP contribution is -2.21. The molecule has 0 spiro atoms. The van der Waals surface area contributed by atoms with E-state index in [1.165, 1.54) is 6.07 Å². The Kier molecular flexibility index (Phi) is 5.15. The second-order valence-corrected chi connectivity index (χ2v) is 5.16. The van der Waals surface area contributed by atoms with Gasteiger partial charge in [-0.15, -0.1) is 0 Å². The summed E-state index contributed by atoms with van der Waals surface area (Å²) < 4.78 is 15.7. The van der Waals surface area contributed by atoms with Crippen LogP contribution in [-0.4, -0.2) is 16.6 Å². The van der Waals surface area contributed by atoms with Gasteiger partial charge in [0.2, 0.25) is 0 Å². The van der Waals surface area contributed by atoms with E-state index in [4.69, 9.17) is 11.6 Å². The molecule has 1 N–H and O–H groups in total. The maximum Gasteiger partial charge on any atom is 0.142 e. The number of nitrogens with one attached hydrogen (secondary N) is 1. The molecule has 0 bridgehead atoms. The molecule has 1 heterocycles. The standard InChI is InChI=1S/C15H19ClFN3/c1-3-7-20-8-6-19-15(20)10-14(18-2)11-4-5-12(16)13(17)9-11/h4-6,8-9,14,18H,3,7,10H2,1-2H3. The Morgan fingerprint density at radius 2 is 2.25 bits per heavy atom. The Morgan fingerprint density at radius 1 is 1.45 bits per heavy atom. The fraction of sp³-hybridized carbons (Fsp3) is 0.400. The summed E-state index contributed by atoms with van der Waals surface area (Å²) in [4.78, 5) is 4.39. The van der Waals surface area contributed by atoms with Gasteiger partial charge in [0.25, 0.3) is 0 Å². The van der Waals surface area contributed by atoms with Gasteiger partial charge in [-0.2, -0.15) is 0 Å². The lowest BCUT2D eigenvalue weighted by atomic mass is 10.0. The van der Waals surface area contributed by atoms with Crippen LogP contribution in [0.4, 0.5) is 4.39 Å². The first-order chi connectivity index (χ1) is 9.65. The normalized spacial score (nSPS) is 12.6. The number of rotatable bonds is 6. The van der Waals surface area contributed by atoms with E-state index >= 15 is 0 Å². The summed E-state index contributed by atoms with van der Waals surface area (Å²) in [5, 5.41) is 3.36. The minimum absolute atomic E-state index is 0.0137. The molecule has 108 valence electrons. The van der Waals surface area contributed by atoms with E-state index < -0.39 is 0 Å². The molecule has 2 aromatic rings. The molecule has 2 rings (SSSR count). The molecule has 0 saturated heterocycles. The van der Waals surface area contributed by atoms with Gasteiger partial charge in [-0.1, -0.05) is 24.6 Å². The molecule has 0 saturated carbocycles. The molecule has 0 aliphatic heterocycles. The Morgan fingerprint density at radius 3 is 2.90 bits per heavy atom. The van der Waals surface area contributed by atoms with Crippen LogP contribution in [0.5, 0.6) is 0 Å². The van der Waals surface area contributed by atoms with Crippen LogP contribution in [0.2, 0.25) is 5.02 Å². The van der Waals surface area contributed by atoms with Crippen molar-refractivity contribution in [1.82, 2.24) is 14.9 Å². The van der Waals surface area contributed by atoms with Gasteiger partial charge in [0.05, 0.1) is 5.02 Å². The molecule has 1 unspecified atom stereocenters. The number of likely N-dealkylation sites (N-methyl/N-ethyl adjacent to an activating group) is 1. The first-order valence-electron chi connectivity index (χ1n) is 6.78. The molecule has 5 heteroatoms. The number of nitrogens with zero attached hydrogens (tertiary/aromatic N) is 2. The van der Waals surface area contributed by atoms with Crippen LogP contribution >= 0.6 is 11.6 Å². The first kappa shape index (κ1) is 15.0. The van der Waals surface area contributed by atoms with Gasteiger partial charge in [0.15, 0.2) is 0 Å². The van der Waals surface area contributed by atoms with Crippen molar-refractivity contribution in [2.24, 2.45) is 0 Å². The molecule has 1 aromatic carbocycles. The Hall–Kier alpha value is -1.39. The number of aryl methyl sites for hydroxylation is 1. The smallest absolute Gasteiger partial charge is 0.142 e. The van der Waals surface area contributed by atoms with Crippen molar-refractivity contribution < 1.29 is 4.39 Å². The predicted octanol–water partition coefficient (Wildman–Crippen LogP) is 3.59. The van der Waals surface area contributed by atoms with E-state index in [9.17, 15) is 4.39 Å². The molecule has 3 nitrogen and oxygen atoms in total. The van der Waals surface area contributed by atoms with Crippen molar-refractivity contribution >= 4 is 11.6 Å². The van der Waals surface area contributed by atoms with Crippen LogP contribution in [0.15, 0.2) is 30.6 Å². The summed E-state index contributed by atoms with van der Waals surface area (Å²) in [7, 11) is 1.87. The number of aromatic nitrogens is 2. The summed E-state index contributed by atoms with van der Waals surface area (Å²) in [5.74, 6) is 0.614. The SMILES string of the molecule is CCCn1ccnc1CC(NC)c1ccc(Cl)c(F)c1. The number of hydrogen-bond donors (Lipinski definition) is 1. The molecule has 0 fully saturated rings. The molecular weight excluding hydrogens is 277 g/mol. The molecule has 0 aliphatic rings. The number of hydrogen-bond acceptors (Lipinski definition) is 2. The molecule has 0 aliphatic carbocycles. The minimum atomic E-state index is -0.388. The van der Waals surface area contributed by atoms with Crippen molar-refractivity contribution in [3.8, 4) is 0 Å². The van der Waals surface area contributed by atoms with Gasteiger partial charge >= 0.3 is 0 Å². The van der Waals surface area contributed by atoms with Crippen LogP contribution in [-0.2, 0) is 13.0 Å². The van der Waals surface area contributed by atoms with Gasteiger partial charge in [0.1, 0.15) is 11.6 Å². The van der Waals surface area contributed by atoms with E-state index in [1.807, 2.05) is 19.3 Å². The molecule has 0 radical (unpaired) electrons. The van der Waals surface area contributed by atoms with Crippen molar-refractivity contribution in [3.05, 3.63) is 52.8 Å². The molecule has 0 amide bonds. The average molecular weight is 296 g/mol. The highest BCUT2D eigenvalue weighted by molar-refractivity contribution is 6.30. The highest BCUT2D eigenvalue weighted by Gasteiger charge is 2.15. The zero-order chi connectivity index (χ0) is 14.5. The van der Waals surface area contributed by atoms with Crippen molar-refractivity contribution in [1.29, 1.82) is 0 Å². The third kappa shape index (κ3) is 3.38. The second kappa shape index (κ2) is 6.86. The summed E-state index contributed by atoms with van der Waals surface area (Å²) >= 11 is 5.73. The van der Waals surface area contributed by atoms with E-state index in [0.29, 0.717) is 6.42 Å². The predicted molar refractivity (Wildman–Crippen MR) is 79.4 cm³/mol. The molecule has 1 atom stereocenters. The number of benzene rings is 1. The number of halogens is 2. The fourth-order valence-electron chi connectivity index (χ4n) is 2.27. The highest BCUT2D eigenvalue weighted by atomic mass is 35.5. The van der Waals surface area contributed by atoms with Crippen LogP contribution in [0.1, 0.15) is 30.8 Å². The summed E-state index contributed by atoms with van der Waals surface area (Å²) in [5.41, 5.74) is 0.875. The topological polar surface area (TPSA) is 29.9 Å². The van der Waals surface area contributed by atoms with E-state index in [1.54, 1.807) is 12.3 Å². The van der Waals surface area contributed by atoms with Crippen molar-refractivity contribution in [3.63, 3.8) is 0 Å². The first-order valence-corrected chi connectivity index (χ1v) is 7.15. The van der Waals surface area contributed by atoms with Gasteiger partial charge in [-0.25, -0.2) is 9.37 Å². The molecule has 1 aromatic heterocycles. The van der Waals surface area contributed by atoms with Crippen LogP contribution in [0, 0.1) is 5.82 Å². The minimum Gasteiger partial charge on any atom is -0.335 e. The summed E-state index contributed by atoms with van der Waals surface area (Å²) in [6, 6.07) is 4.94. The Balaban J connectivity index is 2.19. The van der Waals surface area contributed by atoms with E-state index in [0.717, 1.165) is 24.4 Å². The highest BCUT2D eigenvalue weighted by Crippen LogP contribution is 2.22. The van der Waals surface area contributed by atoms with Gasteiger partial charge < -0.3 is 9.88 Å². The third-order valence-electron chi connectivity index (χ3n) is 3.35. The second-order valence-electron chi connectivity index (χ2n) is 4.76. The maximum absolute atomic E-state index is 13.6. The lowest BCUT2D eigenvalue weighted by Gasteiger charge is -2.17. The van der Waals surface area contributed by atoms with E-state index in [-0.39, 0.29) is 16.9 Å². The fourth-order valence-corrected chi connectivity index (χ4v) is 2.39. The molecule has 20 heavy (non-hydrogen) atoms. The van der Waals surface area contributed by atoms with Crippen LogP contribution in [0.25, 0.3) is 0 Å². The largest absolute Gasteiger partial charge is 0.335 e. The Bertz CT molecular complexity index is 568. The Labute approximate surface area is 123 Å². The quantitative estimate of drug-likeness (QED) is 0.882. The van der Waals surface area contributed by atoms with Gasteiger partial charge in [-0.05, 0) is 31.2 Å². The summed E-state index contributed by atoms with van der Waals surface area (Å²) in [6.45, 7) is 3.08. The van der Waals surface area contributed by atoms with E-state index in [2.05, 4.69) is 21.8 Å². The third-order valence-corrected chi connectivity index (χ3v) is 3.65. The van der Waals surface area contributed by atoms with Crippen molar-refractivity contribution in [2.45, 2.75) is 32.4 Å². The lowest BCUT2D eigenvalue weighted by molar-refractivity contribution is 0.538. The zero-order valence-corrected chi connectivity index (χ0v) is 12.5. The van der Waals surface area contributed by atoms with Crippen LogP contribution < -0.4 is 5.32 Å². The summed E-state index contributed by atoms with van der Waals surface area (Å²) in [6.07, 6.45) is 5.56. The van der Waals surface area contributed by atoms with Gasteiger partial charge in [0, 0.05) is 31.4 Å². The average Bonchev–Trinajstić information content (AvgIpc) is 2.87. The van der Waals surface area contributed by atoms with Gasteiger partial charge in [-0.3, -0.25) is 0 Å². The van der Waals surface area contributed by atoms with Crippen molar-refractivity contribution in [2.75, 3.05) is 7.05 Å². The molecular formula is C15H19ClFN3. The monoisotopic (exact) mass is 295 g/mol.